The Labute approximate surface area is 144 Å². The first-order valence-electron chi connectivity index (χ1n) is 7.70. The van der Waals surface area contributed by atoms with E-state index in [1.54, 1.807) is 25.1 Å². The lowest BCUT2D eigenvalue weighted by molar-refractivity contribution is -0.149. The van der Waals surface area contributed by atoms with E-state index < -0.39 is 10.0 Å². The van der Waals surface area contributed by atoms with E-state index >= 15 is 0 Å². The van der Waals surface area contributed by atoms with Crippen molar-refractivity contribution >= 4 is 27.3 Å². The highest BCUT2D eigenvalue weighted by molar-refractivity contribution is 7.91. The Morgan fingerprint density at radius 1 is 1.38 bits per heavy atom. The summed E-state index contributed by atoms with van der Waals surface area (Å²) in [6, 6.07) is 4.98. The van der Waals surface area contributed by atoms with Crippen LogP contribution in [0.1, 0.15) is 19.8 Å². The van der Waals surface area contributed by atoms with E-state index in [4.69, 9.17) is 9.26 Å². The molecule has 7 nitrogen and oxygen atoms in total. The topological polar surface area (TPSA) is 89.7 Å². The molecule has 0 N–H and O–H groups in total. The lowest BCUT2D eigenvalue weighted by Crippen LogP contribution is -2.40. The SMILES string of the molecule is CCOC(=O)C1CCN(S(=O)(=O)c2ccc(-c3ccno3)s2)CC1. The van der Waals surface area contributed by atoms with Crippen LogP contribution in [0.4, 0.5) is 0 Å². The van der Waals surface area contributed by atoms with Gasteiger partial charge in [0.2, 0.25) is 0 Å². The second-order valence-electron chi connectivity index (χ2n) is 5.43. The Bertz CT molecular complexity index is 790. The second kappa shape index (κ2) is 7.04. The standard InChI is InChI=1S/C15H18N2O5S2/c1-2-21-15(18)11-6-9-17(10-7-11)24(19,20)14-4-3-13(23-14)12-5-8-16-22-12/h3-5,8,11H,2,6-7,9-10H2,1H3. The molecular formula is C15H18N2O5S2. The maximum Gasteiger partial charge on any atom is 0.309 e. The molecule has 2 aromatic heterocycles. The molecule has 0 bridgehead atoms. The van der Waals surface area contributed by atoms with Gasteiger partial charge in [-0.25, -0.2) is 8.42 Å². The fraction of sp³-hybridized carbons (Fsp3) is 0.467. The zero-order valence-corrected chi connectivity index (χ0v) is 14.8. The molecule has 0 unspecified atom stereocenters. The molecule has 0 radical (unpaired) electrons. The molecule has 9 heteroatoms. The molecule has 130 valence electrons. The highest BCUT2D eigenvalue weighted by Gasteiger charge is 2.33. The quantitative estimate of drug-likeness (QED) is 0.751. The van der Waals surface area contributed by atoms with Gasteiger partial charge < -0.3 is 9.26 Å². The molecule has 0 aliphatic carbocycles. The number of nitrogens with zero attached hydrogens (tertiary/aromatic N) is 2. The van der Waals surface area contributed by atoms with Crippen LogP contribution in [0.15, 0.2) is 33.1 Å². The summed E-state index contributed by atoms with van der Waals surface area (Å²) < 4.78 is 37.3. The predicted octanol–water partition coefficient (Wildman–Crippen LogP) is 2.37. The van der Waals surface area contributed by atoms with Crippen LogP contribution in [-0.2, 0) is 19.6 Å². The summed E-state index contributed by atoms with van der Waals surface area (Å²) in [5, 5.41) is 3.63. The van der Waals surface area contributed by atoms with Crippen LogP contribution in [0.2, 0.25) is 0 Å². The zero-order valence-electron chi connectivity index (χ0n) is 13.2. The van der Waals surface area contributed by atoms with Gasteiger partial charge in [-0.05, 0) is 31.9 Å². The van der Waals surface area contributed by atoms with Gasteiger partial charge in [-0.3, -0.25) is 4.79 Å². The Morgan fingerprint density at radius 2 is 2.12 bits per heavy atom. The van der Waals surface area contributed by atoms with E-state index in [1.807, 2.05) is 0 Å². The van der Waals surface area contributed by atoms with Gasteiger partial charge in [0, 0.05) is 19.2 Å². The Kier molecular flexibility index (Phi) is 5.02. The Balaban J connectivity index is 1.70. The minimum atomic E-state index is -3.56. The minimum absolute atomic E-state index is 0.218. The highest BCUT2D eigenvalue weighted by atomic mass is 32.2. The summed E-state index contributed by atoms with van der Waals surface area (Å²) in [5.74, 6) is 0.0882. The van der Waals surface area contributed by atoms with Crippen molar-refractivity contribution in [3.63, 3.8) is 0 Å². The van der Waals surface area contributed by atoms with Crippen molar-refractivity contribution in [2.24, 2.45) is 5.92 Å². The van der Waals surface area contributed by atoms with Gasteiger partial charge in [-0.1, -0.05) is 5.16 Å². The largest absolute Gasteiger partial charge is 0.466 e. The number of ether oxygens (including phenoxy) is 1. The molecule has 0 saturated carbocycles. The first-order valence-corrected chi connectivity index (χ1v) is 9.95. The molecule has 3 heterocycles. The molecule has 3 rings (SSSR count). The third kappa shape index (κ3) is 3.38. The number of hydrogen-bond donors (Lipinski definition) is 0. The van der Waals surface area contributed by atoms with Gasteiger partial charge in [0.1, 0.15) is 4.21 Å². The number of carbonyl (C=O) groups is 1. The van der Waals surface area contributed by atoms with Crippen molar-refractivity contribution < 1.29 is 22.5 Å². The average molecular weight is 370 g/mol. The Morgan fingerprint density at radius 3 is 2.75 bits per heavy atom. The lowest BCUT2D eigenvalue weighted by atomic mass is 9.98. The van der Waals surface area contributed by atoms with Gasteiger partial charge >= 0.3 is 5.97 Å². The summed E-state index contributed by atoms with van der Waals surface area (Å²) in [7, 11) is -3.56. The van der Waals surface area contributed by atoms with Gasteiger partial charge in [0.25, 0.3) is 10.0 Å². The number of piperidine rings is 1. The van der Waals surface area contributed by atoms with Crippen LogP contribution in [0.3, 0.4) is 0 Å². The third-order valence-corrected chi connectivity index (χ3v) is 7.40. The molecule has 1 aliphatic rings. The van der Waals surface area contributed by atoms with Gasteiger partial charge in [0.15, 0.2) is 5.76 Å². The maximum atomic E-state index is 12.7. The van der Waals surface area contributed by atoms with Gasteiger partial charge in [-0.2, -0.15) is 4.31 Å². The average Bonchev–Trinajstić information content (AvgIpc) is 3.26. The first-order chi connectivity index (χ1) is 11.5. The summed E-state index contributed by atoms with van der Waals surface area (Å²) in [4.78, 5) is 12.5. The monoisotopic (exact) mass is 370 g/mol. The molecule has 1 saturated heterocycles. The fourth-order valence-electron chi connectivity index (χ4n) is 2.65. The third-order valence-electron chi connectivity index (χ3n) is 3.93. The zero-order chi connectivity index (χ0) is 17.2. The van der Waals surface area contributed by atoms with Crippen LogP contribution in [0, 0.1) is 5.92 Å². The van der Waals surface area contributed by atoms with E-state index in [0.29, 0.717) is 43.2 Å². The van der Waals surface area contributed by atoms with Crippen LogP contribution in [-0.4, -0.2) is 43.5 Å². The Hall–Kier alpha value is -1.71. The molecule has 0 atom stereocenters. The first kappa shape index (κ1) is 17.1. The van der Waals surface area contributed by atoms with E-state index in [2.05, 4.69) is 5.16 Å². The number of rotatable bonds is 5. The number of carbonyl (C=O) groups excluding carboxylic acids is 1. The number of esters is 1. The van der Waals surface area contributed by atoms with Crippen molar-refractivity contribution in [3.8, 4) is 10.6 Å². The van der Waals surface area contributed by atoms with Crippen molar-refractivity contribution in [2.45, 2.75) is 24.0 Å². The van der Waals surface area contributed by atoms with Crippen molar-refractivity contribution in [1.29, 1.82) is 0 Å². The van der Waals surface area contributed by atoms with E-state index in [-0.39, 0.29) is 16.1 Å². The van der Waals surface area contributed by atoms with E-state index in [1.165, 1.54) is 10.5 Å². The van der Waals surface area contributed by atoms with E-state index in [9.17, 15) is 13.2 Å². The number of hydrogen-bond acceptors (Lipinski definition) is 7. The van der Waals surface area contributed by atoms with Crippen LogP contribution >= 0.6 is 11.3 Å². The van der Waals surface area contributed by atoms with Crippen LogP contribution in [0.25, 0.3) is 10.6 Å². The van der Waals surface area contributed by atoms with Crippen molar-refractivity contribution in [3.05, 3.63) is 24.4 Å². The molecule has 0 amide bonds. The summed E-state index contributed by atoms with van der Waals surface area (Å²) >= 11 is 1.15. The normalized spacial score (nSPS) is 17.0. The molecule has 1 fully saturated rings. The van der Waals surface area contributed by atoms with Crippen molar-refractivity contribution in [1.82, 2.24) is 9.46 Å². The van der Waals surface area contributed by atoms with Crippen LogP contribution < -0.4 is 0 Å². The maximum absolute atomic E-state index is 12.7. The molecule has 2 aromatic rings. The molecule has 0 spiro atoms. The van der Waals surface area contributed by atoms with Crippen LogP contribution in [0.5, 0.6) is 0 Å². The molecule has 24 heavy (non-hydrogen) atoms. The number of thiophene rings is 1. The summed E-state index contributed by atoms with van der Waals surface area (Å²) in [6.45, 7) is 2.75. The van der Waals surface area contributed by atoms with Crippen molar-refractivity contribution in [2.75, 3.05) is 19.7 Å². The lowest BCUT2D eigenvalue weighted by Gasteiger charge is -2.29. The van der Waals surface area contributed by atoms with Gasteiger partial charge in [-0.15, -0.1) is 11.3 Å². The van der Waals surface area contributed by atoms with E-state index in [0.717, 1.165) is 11.3 Å². The summed E-state index contributed by atoms with van der Waals surface area (Å²) in [5.41, 5.74) is 0. The fourth-order valence-corrected chi connectivity index (χ4v) is 5.54. The highest BCUT2D eigenvalue weighted by Crippen LogP contribution is 2.33. The minimum Gasteiger partial charge on any atom is -0.466 e. The summed E-state index contributed by atoms with van der Waals surface area (Å²) in [6.07, 6.45) is 2.49. The second-order valence-corrected chi connectivity index (χ2v) is 8.67. The number of sulfonamides is 1. The molecule has 0 aromatic carbocycles. The molecular weight excluding hydrogens is 352 g/mol. The number of aromatic nitrogens is 1. The molecule has 1 aliphatic heterocycles. The predicted molar refractivity (Wildman–Crippen MR) is 87.9 cm³/mol. The smallest absolute Gasteiger partial charge is 0.309 e. The van der Waals surface area contributed by atoms with Gasteiger partial charge in [0.05, 0.1) is 23.6 Å².